The number of rotatable bonds is 5. The van der Waals surface area contributed by atoms with E-state index in [1.54, 1.807) is 0 Å². The predicted octanol–water partition coefficient (Wildman–Crippen LogP) is 2.92. The fourth-order valence-electron chi connectivity index (χ4n) is 2.15. The van der Waals surface area contributed by atoms with Crippen LogP contribution in [-0.2, 0) is 16.7 Å². The van der Waals surface area contributed by atoms with Crippen LogP contribution < -0.4 is 9.47 Å². The number of aromatic nitrogens is 1. The van der Waals surface area contributed by atoms with Crippen LogP contribution >= 0.6 is 0 Å². The van der Waals surface area contributed by atoms with Crippen LogP contribution in [0.5, 0.6) is 0 Å². The Morgan fingerprint density at radius 3 is 1.85 bits per heavy atom. The van der Waals surface area contributed by atoms with Gasteiger partial charge in [-0.1, -0.05) is 30.3 Å². The van der Waals surface area contributed by atoms with Crippen molar-refractivity contribution in [1.82, 2.24) is 0 Å². The third-order valence-corrected chi connectivity index (χ3v) is 4.06. The topological polar surface area (TPSA) is 64.3 Å². The highest BCUT2D eigenvalue weighted by atomic mass is 32.2. The smallest absolute Gasteiger partial charge is 0.485 e. The van der Waals surface area contributed by atoms with Gasteiger partial charge in [-0.25, -0.2) is 13.0 Å². The summed E-state index contributed by atoms with van der Waals surface area (Å²) in [6.07, 6.45) is 4.31. The van der Waals surface area contributed by atoms with Gasteiger partial charge in [0.15, 0.2) is 29.1 Å². The molecule has 0 spiro atoms. The van der Waals surface area contributed by atoms with E-state index in [1.807, 2.05) is 0 Å². The van der Waals surface area contributed by atoms with Crippen molar-refractivity contribution in [2.24, 2.45) is 0 Å². The largest absolute Gasteiger partial charge is 0.741 e. The predicted molar refractivity (Wildman–Crippen MR) is 91.5 cm³/mol. The Hall–Kier alpha value is -2.13. The molecule has 0 unspecified atom stereocenters. The number of halogens is 3. The minimum atomic E-state index is -6.09. The normalized spacial score (nSPS) is 11.5. The first-order valence-corrected chi connectivity index (χ1v) is 9.29. The van der Waals surface area contributed by atoms with Gasteiger partial charge in [0.1, 0.15) is 0 Å². The molecular formula is C17H21F3N2O3S. The molecule has 0 amide bonds. The standard InChI is InChI=1S/C16H21N2.CHF3O3S/c1-3-18(4-2)16-10-12-17(13-11-16)14-15-8-6-5-7-9-15;2-1(3,4)8(5,6)7/h5-13H,3-4,14H2,1-2H3;(H,5,6,7)/q+1;/p-1. The van der Waals surface area contributed by atoms with Crippen LogP contribution in [0.25, 0.3) is 0 Å². The molecule has 5 nitrogen and oxygen atoms in total. The highest BCUT2D eigenvalue weighted by Gasteiger charge is 2.36. The lowest BCUT2D eigenvalue weighted by molar-refractivity contribution is -0.688. The molecule has 9 heteroatoms. The van der Waals surface area contributed by atoms with Gasteiger partial charge in [0, 0.05) is 36.5 Å². The van der Waals surface area contributed by atoms with E-state index in [0.717, 1.165) is 19.6 Å². The third kappa shape index (κ3) is 7.01. The molecule has 2 rings (SSSR count). The average Bonchev–Trinajstić information content (AvgIpc) is 2.57. The van der Waals surface area contributed by atoms with Gasteiger partial charge in [0.05, 0.1) is 0 Å². The number of pyridine rings is 1. The Labute approximate surface area is 151 Å². The molecule has 0 atom stereocenters. The van der Waals surface area contributed by atoms with Crippen molar-refractivity contribution in [1.29, 1.82) is 0 Å². The summed E-state index contributed by atoms with van der Waals surface area (Å²) in [5, 5.41) is 0. The Morgan fingerprint density at radius 1 is 1.00 bits per heavy atom. The summed E-state index contributed by atoms with van der Waals surface area (Å²) >= 11 is 0. The number of nitrogens with zero attached hydrogens (tertiary/aromatic N) is 2. The average molecular weight is 390 g/mol. The van der Waals surface area contributed by atoms with Crippen molar-refractivity contribution in [3.05, 3.63) is 60.4 Å². The Balaban J connectivity index is 0.000000359. The molecule has 1 heterocycles. The number of hydrogen-bond acceptors (Lipinski definition) is 4. The molecule has 0 radical (unpaired) electrons. The van der Waals surface area contributed by atoms with Crippen LogP contribution in [0.1, 0.15) is 19.4 Å². The molecule has 0 fully saturated rings. The summed E-state index contributed by atoms with van der Waals surface area (Å²) in [4.78, 5) is 2.35. The van der Waals surface area contributed by atoms with Crippen LogP contribution in [0.3, 0.4) is 0 Å². The maximum Gasteiger partial charge on any atom is 0.485 e. The van der Waals surface area contributed by atoms with Gasteiger partial charge >= 0.3 is 5.51 Å². The van der Waals surface area contributed by atoms with Crippen LogP contribution in [0, 0.1) is 0 Å². The van der Waals surface area contributed by atoms with Gasteiger partial charge in [-0.15, -0.1) is 0 Å². The Kier molecular flexibility index (Phi) is 8.04. The van der Waals surface area contributed by atoms with Crippen LogP contribution in [0.4, 0.5) is 18.9 Å². The minimum Gasteiger partial charge on any atom is -0.741 e. The fraction of sp³-hybridized carbons (Fsp3) is 0.353. The zero-order valence-electron chi connectivity index (χ0n) is 14.5. The molecule has 144 valence electrons. The van der Waals surface area contributed by atoms with Crippen molar-refractivity contribution in [3.63, 3.8) is 0 Å². The van der Waals surface area contributed by atoms with E-state index in [2.05, 4.69) is 78.2 Å². The van der Waals surface area contributed by atoms with Crippen molar-refractivity contribution >= 4 is 15.8 Å². The van der Waals surface area contributed by atoms with Gasteiger partial charge < -0.3 is 9.45 Å². The zero-order chi connectivity index (χ0) is 19.8. The second-order valence-corrected chi connectivity index (χ2v) is 6.66. The van der Waals surface area contributed by atoms with Crippen molar-refractivity contribution in [2.75, 3.05) is 18.0 Å². The lowest BCUT2D eigenvalue weighted by Crippen LogP contribution is -2.34. The molecule has 0 saturated carbocycles. The second-order valence-electron chi connectivity index (χ2n) is 5.29. The van der Waals surface area contributed by atoms with E-state index in [1.165, 1.54) is 11.3 Å². The van der Waals surface area contributed by atoms with E-state index in [4.69, 9.17) is 13.0 Å². The maximum atomic E-state index is 10.7. The highest BCUT2D eigenvalue weighted by Crippen LogP contribution is 2.20. The number of alkyl halides is 3. The lowest BCUT2D eigenvalue weighted by Gasteiger charge is -2.19. The van der Waals surface area contributed by atoms with E-state index in [9.17, 15) is 13.2 Å². The summed E-state index contributed by atoms with van der Waals surface area (Å²) in [6, 6.07) is 14.9. The summed E-state index contributed by atoms with van der Waals surface area (Å²) < 4.78 is 61.1. The minimum absolute atomic E-state index is 0.930. The van der Waals surface area contributed by atoms with E-state index < -0.39 is 15.6 Å². The van der Waals surface area contributed by atoms with E-state index >= 15 is 0 Å². The molecule has 0 aliphatic rings. The zero-order valence-corrected chi connectivity index (χ0v) is 15.3. The summed E-state index contributed by atoms with van der Waals surface area (Å²) in [5.74, 6) is 0. The van der Waals surface area contributed by atoms with Crippen LogP contribution in [0.15, 0.2) is 54.9 Å². The summed E-state index contributed by atoms with van der Waals surface area (Å²) in [7, 11) is -6.09. The van der Waals surface area contributed by atoms with Gasteiger partial charge in [-0.2, -0.15) is 13.2 Å². The molecule has 1 aromatic carbocycles. The Morgan fingerprint density at radius 2 is 1.46 bits per heavy atom. The van der Waals surface area contributed by atoms with Crippen molar-refractivity contribution in [3.8, 4) is 0 Å². The molecule has 0 bridgehead atoms. The van der Waals surface area contributed by atoms with Gasteiger partial charge in [0.25, 0.3) is 0 Å². The number of anilines is 1. The quantitative estimate of drug-likeness (QED) is 0.447. The molecule has 0 aliphatic heterocycles. The van der Waals surface area contributed by atoms with Gasteiger partial charge in [0.2, 0.25) is 0 Å². The number of hydrogen-bond donors (Lipinski definition) is 0. The molecule has 26 heavy (non-hydrogen) atoms. The second kappa shape index (κ2) is 9.54. The third-order valence-electron chi connectivity index (χ3n) is 3.49. The fourth-order valence-corrected chi connectivity index (χ4v) is 2.15. The summed E-state index contributed by atoms with van der Waals surface area (Å²) in [6.45, 7) is 7.42. The molecule has 1 aromatic heterocycles. The summed E-state index contributed by atoms with van der Waals surface area (Å²) in [5.41, 5.74) is -3.02. The Bertz CT molecular complexity index is 760. The first-order valence-electron chi connectivity index (χ1n) is 7.88. The van der Waals surface area contributed by atoms with Gasteiger partial charge in [-0.05, 0) is 13.8 Å². The van der Waals surface area contributed by atoms with E-state index in [-0.39, 0.29) is 0 Å². The number of benzene rings is 1. The lowest BCUT2D eigenvalue weighted by atomic mass is 10.2. The molecule has 2 aromatic rings. The monoisotopic (exact) mass is 390 g/mol. The maximum absolute atomic E-state index is 10.7. The van der Waals surface area contributed by atoms with E-state index in [0.29, 0.717) is 0 Å². The highest BCUT2D eigenvalue weighted by molar-refractivity contribution is 7.86. The molecular weight excluding hydrogens is 369 g/mol. The van der Waals surface area contributed by atoms with Crippen LogP contribution in [0.2, 0.25) is 0 Å². The van der Waals surface area contributed by atoms with Crippen molar-refractivity contribution in [2.45, 2.75) is 25.9 Å². The molecule has 0 saturated heterocycles. The first-order chi connectivity index (χ1) is 12.1. The molecule has 0 N–H and O–H groups in total. The van der Waals surface area contributed by atoms with Crippen LogP contribution in [-0.4, -0.2) is 31.6 Å². The SMILES string of the molecule is CCN(CC)c1cc[n+](Cc2ccccc2)cc1.O=S(=O)([O-])C(F)(F)F. The molecule has 0 aliphatic carbocycles. The van der Waals surface area contributed by atoms with Crippen molar-refractivity contribution < 1.29 is 30.7 Å². The first kappa shape index (κ1) is 21.9. The van der Waals surface area contributed by atoms with Gasteiger partial charge in [-0.3, -0.25) is 0 Å².